The molecule has 3 rings (SSSR count). The highest BCUT2D eigenvalue weighted by Crippen LogP contribution is 2.20. The molecule has 1 heterocycles. The molecule has 0 atom stereocenters. The van der Waals surface area contributed by atoms with Crippen LogP contribution in [0.15, 0.2) is 47.3 Å². The normalized spacial score (nSPS) is 10.7. The lowest BCUT2D eigenvalue weighted by Gasteiger charge is -2.05. The number of carbonyl (C=O) groups is 1. The minimum Gasteiger partial charge on any atom is -0.478 e. The van der Waals surface area contributed by atoms with Crippen LogP contribution in [0.3, 0.4) is 0 Å². The zero-order valence-corrected chi connectivity index (χ0v) is 10.6. The van der Waals surface area contributed by atoms with Gasteiger partial charge in [-0.05, 0) is 30.3 Å². The second kappa shape index (κ2) is 4.82. The van der Waals surface area contributed by atoms with E-state index in [1.807, 2.05) is 0 Å². The molecular formula is C15H9FN2O3. The van der Waals surface area contributed by atoms with E-state index in [1.165, 1.54) is 36.4 Å². The van der Waals surface area contributed by atoms with Crippen molar-refractivity contribution in [3.63, 3.8) is 0 Å². The molecule has 0 saturated carbocycles. The summed E-state index contributed by atoms with van der Waals surface area (Å²) in [5, 5.41) is 9.22. The minimum atomic E-state index is -1.12. The average Bonchev–Trinajstić information content (AvgIpc) is 2.47. The number of halogens is 1. The summed E-state index contributed by atoms with van der Waals surface area (Å²) in [6, 6.07) is 9.89. The molecule has 0 radical (unpaired) electrons. The molecule has 2 aromatic carbocycles. The van der Waals surface area contributed by atoms with Crippen molar-refractivity contribution in [1.82, 2.24) is 9.97 Å². The van der Waals surface area contributed by atoms with Crippen molar-refractivity contribution in [2.45, 2.75) is 0 Å². The maximum Gasteiger partial charge on any atom is 0.335 e. The molecule has 0 unspecified atom stereocenters. The maximum absolute atomic E-state index is 13.8. The van der Waals surface area contributed by atoms with E-state index in [4.69, 9.17) is 5.11 Å². The van der Waals surface area contributed by atoms with Crippen molar-refractivity contribution in [1.29, 1.82) is 0 Å². The van der Waals surface area contributed by atoms with E-state index < -0.39 is 17.3 Å². The summed E-state index contributed by atoms with van der Waals surface area (Å²) in [5.41, 5.74) is -0.0793. The van der Waals surface area contributed by atoms with E-state index in [9.17, 15) is 14.0 Å². The smallest absolute Gasteiger partial charge is 0.335 e. The van der Waals surface area contributed by atoms with Crippen molar-refractivity contribution >= 4 is 16.9 Å². The van der Waals surface area contributed by atoms with Crippen LogP contribution in [0.2, 0.25) is 0 Å². The Morgan fingerprint density at radius 1 is 1.19 bits per heavy atom. The Bertz CT molecular complexity index is 918. The first-order valence-electron chi connectivity index (χ1n) is 6.08. The monoisotopic (exact) mass is 284 g/mol. The van der Waals surface area contributed by atoms with E-state index in [0.717, 1.165) is 0 Å². The first-order valence-corrected chi connectivity index (χ1v) is 6.08. The number of aromatic carboxylic acids is 1. The third-order valence-corrected chi connectivity index (χ3v) is 3.08. The second-order valence-corrected chi connectivity index (χ2v) is 4.43. The lowest BCUT2D eigenvalue weighted by atomic mass is 10.1. The Morgan fingerprint density at radius 2 is 1.95 bits per heavy atom. The molecular weight excluding hydrogens is 275 g/mol. The molecule has 0 amide bonds. The summed E-state index contributed by atoms with van der Waals surface area (Å²) in [6.45, 7) is 0. The first-order chi connectivity index (χ1) is 10.1. The zero-order chi connectivity index (χ0) is 15.0. The highest BCUT2D eigenvalue weighted by molar-refractivity contribution is 5.93. The Morgan fingerprint density at radius 3 is 2.67 bits per heavy atom. The third-order valence-electron chi connectivity index (χ3n) is 3.08. The van der Waals surface area contributed by atoms with Crippen LogP contribution in [0.25, 0.3) is 22.3 Å². The summed E-state index contributed by atoms with van der Waals surface area (Å²) in [5.74, 6) is -1.58. The number of benzene rings is 2. The van der Waals surface area contributed by atoms with Gasteiger partial charge in [0.15, 0.2) is 0 Å². The number of carboxylic acids is 1. The van der Waals surface area contributed by atoms with Crippen molar-refractivity contribution < 1.29 is 14.3 Å². The molecule has 0 aliphatic rings. The molecule has 21 heavy (non-hydrogen) atoms. The van der Waals surface area contributed by atoms with Crippen molar-refractivity contribution in [2.75, 3.05) is 0 Å². The van der Waals surface area contributed by atoms with Crippen LogP contribution in [0.1, 0.15) is 10.4 Å². The molecule has 6 heteroatoms. The molecule has 5 nitrogen and oxygen atoms in total. The van der Waals surface area contributed by atoms with Crippen LogP contribution in [-0.4, -0.2) is 21.0 Å². The van der Waals surface area contributed by atoms with Gasteiger partial charge in [0.1, 0.15) is 11.6 Å². The number of nitrogens with zero attached hydrogens (tertiary/aromatic N) is 1. The molecule has 0 aliphatic carbocycles. The fourth-order valence-corrected chi connectivity index (χ4v) is 2.05. The molecule has 104 valence electrons. The number of rotatable bonds is 2. The van der Waals surface area contributed by atoms with Crippen LogP contribution in [0.4, 0.5) is 4.39 Å². The van der Waals surface area contributed by atoms with E-state index in [-0.39, 0.29) is 27.9 Å². The van der Waals surface area contributed by atoms with Gasteiger partial charge in [-0.25, -0.2) is 14.2 Å². The van der Waals surface area contributed by atoms with E-state index in [0.29, 0.717) is 0 Å². The largest absolute Gasteiger partial charge is 0.478 e. The van der Waals surface area contributed by atoms with Crippen LogP contribution >= 0.6 is 0 Å². The molecule has 3 aromatic rings. The molecule has 0 aliphatic heterocycles. The number of aromatic amines is 1. The second-order valence-electron chi connectivity index (χ2n) is 4.43. The van der Waals surface area contributed by atoms with Gasteiger partial charge in [0.25, 0.3) is 5.56 Å². The van der Waals surface area contributed by atoms with Gasteiger partial charge in [-0.3, -0.25) is 4.79 Å². The minimum absolute atomic E-state index is 0.0140. The van der Waals surface area contributed by atoms with Gasteiger partial charge in [-0.1, -0.05) is 12.1 Å². The standard InChI is InChI=1S/C15H9FN2O3/c16-11-4-2-1-3-9(11)13-17-12-7-8(15(20)21)5-6-10(12)14(19)18-13/h1-7H,(H,20,21)(H,17,18,19). The highest BCUT2D eigenvalue weighted by atomic mass is 19.1. The van der Waals surface area contributed by atoms with Crippen LogP contribution < -0.4 is 5.56 Å². The third kappa shape index (κ3) is 2.27. The lowest BCUT2D eigenvalue weighted by Crippen LogP contribution is -2.10. The molecule has 0 spiro atoms. The SMILES string of the molecule is O=C(O)c1ccc2c(=O)[nH]c(-c3ccccc3F)nc2c1. The first kappa shape index (κ1) is 13.0. The van der Waals surface area contributed by atoms with Crippen molar-refractivity contribution in [2.24, 2.45) is 0 Å². The van der Waals surface area contributed by atoms with Gasteiger partial charge in [0.2, 0.25) is 0 Å². The van der Waals surface area contributed by atoms with Crippen molar-refractivity contribution in [3.8, 4) is 11.4 Å². The molecule has 0 fully saturated rings. The Labute approximate surface area is 117 Å². The predicted molar refractivity (Wildman–Crippen MR) is 74.7 cm³/mol. The number of carboxylic acid groups (broad SMARTS) is 1. The Balaban J connectivity index is 2.29. The fourth-order valence-electron chi connectivity index (χ4n) is 2.05. The lowest BCUT2D eigenvalue weighted by molar-refractivity contribution is 0.0697. The van der Waals surface area contributed by atoms with Gasteiger partial charge in [0.05, 0.1) is 22.0 Å². The molecule has 0 bridgehead atoms. The van der Waals surface area contributed by atoms with E-state index >= 15 is 0 Å². The van der Waals surface area contributed by atoms with Gasteiger partial charge in [-0.2, -0.15) is 0 Å². The number of aromatic nitrogens is 2. The van der Waals surface area contributed by atoms with Gasteiger partial charge >= 0.3 is 5.97 Å². The average molecular weight is 284 g/mol. The number of hydrogen-bond acceptors (Lipinski definition) is 3. The Hall–Kier alpha value is -3.02. The Kier molecular flexibility index (Phi) is 2.98. The number of hydrogen-bond donors (Lipinski definition) is 2. The highest BCUT2D eigenvalue weighted by Gasteiger charge is 2.11. The van der Waals surface area contributed by atoms with Gasteiger partial charge < -0.3 is 10.1 Å². The summed E-state index contributed by atoms with van der Waals surface area (Å²) >= 11 is 0. The van der Waals surface area contributed by atoms with E-state index in [1.54, 1.807) is 6.07 Å². The topological polar surface area (TPSA) is 83.0 Å². The molecule has 2 N–H and O–H groups in total. The van der Waals surface area contributed by atoms with Crippen LogP contribution in [0, 0.1) is 5.82 Å². The number of fused-ring (bicyclic) bond motifs is 1. The summed E-state index contributed by atoms with van der Waals surface area (Å²) in [4.78, 5) is 29.6. The summed E-state index contributed by atoms with van der Waals surface area (Å²) < 4.78 is 13.8. The number of nitrogens with one attached hydrogen (secondary N) is 1. The number of H-pyrrole nitrogens is 1. The van der Waals surface area contributed by atoms with Gasteiger partial charge in [-0.15, -0.1) is 0 Å². The fraction of sp³-hybridized carbons (Fsp3) is 0. The molecule has 1 aromatic heterocycles. The van der Waals surface area contributed by atoms with Crippen molar-refractivity contribution in [3.05, 3.63) is 64.2 Å². The predicted octanol–water partition coefficient (Wildman–Crippen LogP) is 2.43. The van der Waals surface area contributed by atoms with Crippen LogP contribution in [0.5, 0.6) is 0 Å². The summed E-state index contributed by atoms with van der Waals surface area (Å²) in [6.07, 6.45) is 0. The van der Waals surface area contributed by atoms with Crippen LogP contribution in [-0.2, 0) is 0 Å². The van der Waals surface area contributed by atoms with Gasteiger partial charge in [0, 0.05) is 0 Å². The van der Waals surface area contributed by atoms with E-state index in [2.05, 4.69) is 9.97 Å². The quantitative estimate of drug-likeness (QED) is 0.757. The molecule has 0 saturated heterocycles. The maximum atomic E-state index is 13.8. The summed E-state index contributed by atoms with van der Waals surface area (Å²) in [7, 11) is 0. The zero-order valence-electron chi connectivity index (χ0n) is 10.6.